The molecule has 2 rings (SSSR count). The van der Waals surface area contributed by atoms with Gasteiger partial charge in [0.25, 0.3) is 0 Å². The average molecular weight is 377 g/mol. The predicted octanol–water partition coefficient (Wildman–Crippen LogP) is 3.24. The lowest BCUT2D eigenvalue weighted by atomic mass is 10.3. The number of nitrogens with zero attached hydrogens (tertiary/aromatic N) is 2. The molecule has 7 heteroatoms. The molecule has 2 N–H and O–H groups in total. The Morgan fingerprint density at radius 1 is 1.23 bits per heavy atom. The third-order valence-electron chi connectivity index (χ3n) is 3.59. The number of hydrogen-bond acceptors (Lipinski definition) is 5. The van der Waals surface area contributed by atoms with Crippen LogP contribution in [-0.4, -0.2) is 37.7 Å². The first-order valence-corrected chi connectivity index (χ1v) is 9.79. The van der Waals surface area contributed by atoms with Crippen LogP contribution in [-0.2, 0) is 13.0 Å². The third-order valence-corrected chi connectivity index (χ3v) is 4.72. The molecular weight excluding hydrogens is 348 g/mol. The van der Waals surface area contributed by atoms with Gasteiger partial charge in [-0.2, -0.15) is 0 Å². The van der Waals surface area contributed by atoms with Crippen LogP contribution in [0.15, 0.2) is 35.5 Å². The number of aliphatic imine (C=N–C) groups is 1. The first kappa shape index (κ1) is 20.0. The van der Waals surface area contributed by atoms with Crippen molar-refractivity contribution in [3.63, 3.8) is 0 Å². The monoisotopic (exact) mass is 376 g/mol. The number of aryl methyl sites for hydroxylation is 1. The summed E-state index contributed by atoms with van der Waals surface area (Å²) in [6.45, 7) is 7.03. The van der Waals surface area contributed by atoms with Crippen LogP contribution in [0.25, 0.3) is 0 Å². The molecule has 2 aromatic rings. The van der Waals surface area contributed by atoms with Crippen molar-refractivity contribution in [2.45, 2.75) is 33.2 Å². The van der Waals surface area contributed by atoms with Gasteiger partial charge in [-0.15, -0.1) is 11.3 Å². The van der Waals surface area contributed by atoms with Gasteiger partial charge in [0.2, 0.25) is 0 Å². The van der Waals surface area contributed by atoms with Crippen LogP contribution in [0.1, 0.15) is 30.2 Å². The average Bonchev–Trinajstić information content (AvgIpc) is 3.14. The van der Waals surface area contributed by atoms with Crippen molar-refractivity contribution >= 4 is 17.3 Å². The van der Waals surface area contributed by atoms with E-state index in [9.17, 15) is 0 Å². The fourth-order valence-corrected chi connectivity index (χ4v) is 3.02. The topological polar surface area (TPSA) is 67.8 Å². The fourth-order valence-electron chi connectivity index (χ4n) is 2.23. The van der Waals surface area contributed by atoms with Crippen molar-refractivity contribution in [2.75, 3.05) is 26.8 Å². The van der Waals surface area contributed by atoms with E-state index in [0.717, 1.165) is 48.4 Å². The van der Waals surface area contributed by atoms with E-state index < -0.39 is 0 Å². The Bertz CT molecular complexity index is 688. The summed E-state index contributed by atoms with van der Waals surface area (Å²) in [6.07, 6.45) is 3.83. The maximum absolute atomic E-state index is 5.75. The van der Waals surface area contributed by atoms with Crippen molar-refractivity contribution in [2.24, 2.45) is 4.99 Å². The van der Waals surface area contributed by atoms with Gasteiger partial charge in [0.15, 0.2) is 5.96 Å². The molecule has 0 amide bonds. The Balaban J connectivity index is 1.72. The molecule has 0 aliphatic carbocycles. The SMILES string of the molecule is CCNC(=NCc1ncc(CC)s1)NCCCOc1cccc(OC)c1. The lowest BCUT2D eigenvalue weighted by Gasteiger charge is -2.11. The van der Waals surface area contributed by atoms with Crippen LogP contribution in [0.4, 0.5) is 0 Å². The van der Waals surface area contributed by atoms with Crippen LogP contribution >= 0.6 is 11.3 Å². The number of benzene rings is 1. The highest BCUT2D eigenvalue weighted by atomic mass is 32.1. The van der Waals surface area contributed by atoms with Crippen LogP contribution < -0.4 is 20.1 Å². The molecule has 0 aliphatic heterocycles. The molecule has 142 valence electrons. The highest BCUT2D eigenvalue weighted by Crippen LogP contribution is 2.18. The molecule has 0 saturated heterocycles. The first-order valence-electron chi connectivity index (χ1n) is 8.97. The van der Waals surface area contributed by atoms with Crippen molar-refractivity contribution in [3.05, 3.63) is 40.3 Å². The van der Waals surface area contributed by atoms with Gasteiger partial charge in [-0.25, -0.2) is 9.98 Å². The number of rotatable bonds is 10. The van der Waals surface area contributed by atoms with E-state index in [0.29, 0.717) is 13.2 Å². The molecule has 0 aliphatic rings. The van der Waals surface area contributed by atoms with E-state index in [4.69, 9.17) is 9.47 Å². The molecule has 0 atom stereocenters. The first-order chi connectivity index (χ1) is 12.7. The summed E-state index contributed by atoms with van der Waals surface area (Å²) in [5.41, 5.74) is 0. The normalized spacial score (nSPS) is 11.3. The third kappa shape index (κ3) is 6.92. The van der Waals surface area contributed by atoms with E-state index in [-0.39, 0.29) is 0 Å². The molecule has 6 nitrogen and oxygen atoms in total. The van der Waals surface area contributed by atoms with Crippen LogP contribution in [0.3, 0.4) is 0 Å². The molecule has 0 fully saturated rings. The van der Waals surface area contributed by atoms with E-state index in [1.165, 1.54) is 4.88 Å². The standard InChI is InChI=1S/C19H28N4O2S/c1-4-17-13-22-18(26-17)14-23-19(20-5-2)21-10-7-11-25-16-9-6-8-15(12-16)24-3/h6,8-9,12-13H,4-5,7,10-11,14H2,1-3H3,(H2,20,21,23). The molecular formula is C19H28N4O2S. The van der Waals surface area contributed by atoms with Crippen molar-refractivity contribution in [3.8, 4) is 11.5 Å². The maximum Gasteiger partial charge on any atom is 0.191 e. The number of nitrogens with one attached hydrogen (secondary N) is 2. The zero-order valence-electron chi connectivity index (χ0n) is 15.7. The van der Waals surface area contributed by atoms with E-state index in [1.807, 2.05) is 30.5 Å². The lowest BCUT2D eigenvalue weighted by Crippen LogP contribution is -2.38. The fraction of sp³-hybridized carbons (Fsp3) is 0.474. The predicted molar refractivity (Wildman–Crippen MR) is 107 cm³/mol. The number of aromatic nitrogens is 1. The smallest absolute Gasteiger partial charge is 0.191 e. The highest BCUT2D eigenvalue weighted by Gasteiger charge is 2.02. The van der Waals surface area contributed by atoms with Gasteiger partial charge in [-0.1, -0.05) is 13.0 Å². The second-order valence-corrected chi connectivity index (χ2v) is 6.78. The van der Waals surface area contributed by atoms with Gasteiger partial charge >= 0.3 is 0 Å². The Labute approximate surface area is 159 Å². The summed E-state index contributed by atoms with van der Waals surface area (Å²) in [5, 5.41) is 7.63. The van der Waals surface area contributed by atoms with Gasteiger partial charge in [0, 0.05) is 30.2 Å². The molecule has 0 radical (unpaired) electrons. The molecule has 1 aromatic heterocycles. The second kappa shape index (κ2) is 11.4. The van der Waals surface area contributed by atoms with Gasteiger partial charge in [0.05, 0.1) is 20.3 Å². The van der Waals surface area contributed by atoms with E-state index in [2.05, 4.69) is 34.5 Å². The van der Waals surface area contributed by atoms with Crippen LogP contribution in [0.2, 0.25) is 0 Å². The Hall–Kier alpha value is -2.28. The largest absolute Gasteiger partial charge is 0.497 e. The minimum absolute atomic E-state index is 0.598. The Morgan fingerprint density at radius 3 is 2.81 bits per heavy atom. The molecule has 1 heterocycles. The molecule has 1 aromatic carbocycles. The molecule has 26 heavy (non-hydrogen) atoms. The summed E-state index contributed by atoms with van der Waals surface area (Å²) < 4.78 is 10.9. The molecule has 0 unspecified atom stereocenters. The van der Waals surface area contributed by atoms with Gasteiger partial charge in [-0.05, 0) is 31.9 Å². The van der Waals surface area contributed by atoms with Crippen molar-refractivity contribution in [1.82, 2.24) is 15.6 Å². The number of hydrogen-bond donors (Lipinski definition) is 2. The minimum Gasteiger partial charge on any atom is -0.497 e. The molecule has 0 bridgehead atoms. The highest BCUT2D eigenvalue weighted by molar-refractivity contribution is 7.11. The van der Waals surface area contributed by atoms with Crippen molar-refractivity contribution < 1.29 is 9.47 Å². The lowest BCUT2D eigenvalue weighted by molar-refractivity contribution is 0.308. The van der Waals surface area contributed by atoms with E-state index in [1.54, 1.807) is 18.4 Å². The Kier molecular flexibility index (Phi) is 8.75. The summed E-state index contributed by atoms with van der Waals surface area (Å²) in [6, 6.07) is 7.64. The Morgan fingerprint density at radius 2 is 2.08 bits per heavy atom. The number of methoxy groups -OCH3 is 1. The van der Waals surface area contributed by atoms with Gasteiger partial charge in [0.1, 0.15) is 16.5 Å². The summed E-state index contributed by atoms with van der Waals surface area (Å²) in [7, 11) is 1.65. The van der Waals surface area contributed by atoms with E-state index >= 15 is 0 Å². The minimum atomic E-state index is 0.598. The number of guanidine groups is 1. The zero-order valence-corrected chi connectivity index (χ0v) is 16.6. The van der Waals surface area contributed by atoms with Crippen LogP contribution in [0, 0.1) is 0 Å². The summed E-state index contributed by atoms with van der Waals surface area (Å²) in [5.74, 6) is 2.43. The number of ether oxygens (including phenoxy) is 2. The summed E-state index contributed by atoms with van der Waals surface area (Å²) in [4.78, 5) is 10.3. The van der Waals surface area contributed by atoms with Crippen molar-refractivity contribution in [1.29, 1.82) is 0 Å². The molecule has 0 spiro atoms. The van der Waals surface area contributed by atoms with Gasteiger partial charge in [-0.3, -0.25) is 0 Å². The molecule has 0 saturated carbocycles. The second-order valence-electron chi connectivity index (χ2n) is 5.58. The zero-order chi connectivity index (χ0) is 18.6. The quantitative estimate of drug-likeness (QED) is 0.378. The van der Waals surface area contributed by atoms with Crippen LogP contribution in [0.5, 0.6) is 11.5 Å². The maximum atomic E-state index is 5.75. The van der Waals surface area contributed by atoms with Gasteiger partial charge < -0.3 is 20.1 Å². The summed E-state index contributed by atoms with van der Waals surface area (Å²) >= 11 is 1.72. The number of thiazole rings is 1.